The standard InChI is InChI=1S/C16H14ClN5OS/c17-15-12(7-4-8-19-15)20-14(23)10-24-16-21-13(9-22(16)18)11-5-2-1-3-6-11/h1-9H,10,18H2,(H,20,23). The van der Waals surface area contributed by atoms with Gasteiger partial charge in [-0.2, -0.15) is 0 Å². The Kier molecular flexibility index (Phi) is 5.02. The monoisotopic (exact) mass is 359 g/mol. The van der Waals surface area contributed by atoms with Crippen LogP contribution in [0.25, 0.3) is 11.3 Å². The van der Waals surface area contributed by atoms with Crippen LogP contribution in [0.2, 0.25) is 5.15 Å². The molecule has 2 heterocycles. The maximum Gasteiger partial charge on any atom is 0.234 e. The van der Waals surface area contributed by atoms with E-state index < -0.39 is 0 Å². The molecule has 0 aliphatic carbocycles. The summed E-state index contributed by atoms with van der Waals surface area (Å²) in [7, 11) is 0. The molecule has 0 bridgehead atoms. The van der Waals surface area contributed by atoms with E-state index in [2.05, 4.69) is 15.3 Å². The predicted octanol–water partition coefficient (Wildman–Crippen LogP) is 3.04. The molecule has 6 nitrogen and oxygen atoms in total. The molecule has 0 radical (unpaired) electrons. The summed E-state index contributed by atoms with van der Waals surface area (Å²) < 4.78 is 1.41. The van der Waals surface area contributed by atoms with Gasteiger partial charge in [0.25, 0.3) is 0 Å². The molecule has 3 N–H and O–H groups in total. The smallest absolute Gasteiger partial charge is 0.234 e. The first-order chi connectivity index (χ1) is 11.6. The SMILES string of the molecule is Nn1cc(-c2ccccc2)nc1SCC(=O)Nc1cccnc1Cl. The molecule has 0 saturated heterocycles. The van der Waals surface area contributed by atoms with Crippen LogP contribution in [0.1, 0.15) is 0 Å². The number of amides is 1. The van der Waals surface area contributed by atoms with Crippen LogP contribution in [0.15, 0.2) is 60.0 Å². The summed E-state index contributed by atoms with van der Waals surface area (Å²) in [6.07, 6.45) is 3.29. The summed E-state index contributed by atoms with van der Waals surface area (Å²) in [5, 5.41) is 3.52. The van der Waals surface area contributed by atoms with E-state index in [1.807, 2.05) is 30.3 Å². The van der Waals surface area contributed by atoms with Gasteiger partial charge in [0.2, 0.25) is 5.91 Å². The molecule has 1 amide bonds. The number of rotatable bonds is 5. The number of aromatic nitrogens is 3. The van der Waals surface area contributed by atoms with Crippen LogP contribution in [0, 0.1) is 0 Å². The predicted molar refractivity (Wildman–Crippen MR) is 96.4 cm³/mol. The lowest BCUT2D eigenvalue weighted by molar-refractivity contribution is -0.113. The van der Waals surface area contributed by atoms with E-state index in [4.69, 9.17) is 17.4 Å². The first kappa shape index (κ1) is 16.4. The zero-order chi connectivity index (χ0) is 16.9. The lowest BCUT2D eigenvalue weighted by atomic mass is 10.2. The highest BCUT2D eigenvalue weighted by atomic mass is 35.5. The molecule has 0 aliphatic heterocycles. The van der Waals surface area contributed by atoms with Gasteiger partial charge in [0, 0.05) is 11.8 Å². The zero-order valence-electron chi connectivity index (χ0n) is 12.5. The Balaban J connectivity index is 1.64. The second-order valence-corrected chi connectivity index (χ2v) is 6.16. The van der Waals surface area contributed by atoms with Gasteiger partial charge in [0.1, 0.15) is 0 Å². The highest BCUT2D eigenvalue weighted by molar-refractivity contribution is 7.99. The van der Waals surface area contributed by atoms with E-state index in [1.165, 1.54) is 16.4 Å². The summed E-state index contributed by atoms with van der Waals surface area (Å²) >= 11 is 7.16. The van der Waals surface area contributed by atoms with E-state index in [0.29, 0.717) is 10.8 Å². The van der Waals surface area contributed by atoms with Gasteiger partial charge in [-0.3, -0.25) is 4.79 Å². The van der Waals surface area contributed by atoms with Crippen LogP contribution >= 0.6 is 23.4 Å². The van der Waals surface area contributed by atoms with Crippen molar-refractivity contribution in [2.45, 2.75) is 5.16 Å². The van der Waals surface area contributed by atoms with Crippen LogP contribution < -0.4 is 11.2 Å². The average Bonchev–Trinajstić information content (AvgIpc) is 2.97. The highest BCUT2D eigenvalue weighted by Gasteiger charge is 2.12. The van der Waals surface area contributed by atoms with Gasteiger partial charge in [-0.15, -0.1) is 0 Å². The number of halogens is 1. The number of anilines is 1. The van der Waals surface area contributed by atoms with Crippen LogP contribution in [-0.4, -0.2) is 26.3 Å². The van der Waals surface area contributed by atoms with E-state index in [0.717, 1.165) is 11.3 Å². The minimum atomic E-state index is -0.209. The second kappa shape index (κ2) is 7.37. The molecule has 3 rings (SSSR count). The van der Waals surface area contributed by atoms with Crippen LogP contribution in [-0.2, 0) is 4.79 Å². The largest absolute Gasteiger partial charge is 0.337 e. The Hall–Kier alpha value is -2.51. The fraction of sp³-hybridized carbons (Fsp3) is 0.0625. The average molecular weight is 360 g/mol. The number of imidazole rings is 1. The van der Waals surface area contributed by atoms with Crippen molar-refractivity contribution in [2.75, 3.05) is 16.9 Å². The first-order valence-electron chi connectivity index (χ1n) is 7.06. The van der Waals surface area contributed by atoms with Crippen LogP contribution in [0.4, 0.5) is 5.69 Å². The number of nitrogens with two attached hydrogens (primary N) is 1. The van der Waals surface area contributed by atoms with E-state index in [9.17, 15) is 4.79 Å². The van der Waals surface area contributed by atoms with Crippen LogP contribution in [0.3, 0.4) is 0 Å². The van der Waals surface area contributed by atoms with Crippen molar-refractivity contribution >= 4 is 35.0 Å². The van der Waals surface area contributed by atoms with Gasteiger partial charge in [0.05, 0.1) is 23.3 Å². The molecule has 0 unspecified atom stereocenters. The maximum absolute atomic E-state index is 12.0. The van der Waals surface area contributed by atoms with Crippen LogP contribution in [0.5, 0.6) is 0 Å². The minimum absolute atomic E-state index is 0.160. The van der Waals surface area contributed by atoms with Crippen molar-refractivity contribution < 1.29 is 4.79 Å². The molecular weight excluding hydrogens is 346 g/mol. The maximum atomic E-state index is 12.0. The topological polar surface area (TPSA) is 85.8 Å². The molecule has 0 aliphatic rings. The molecule has 24 heavy (non-hydrogen) atoms. The Morgan fingerprint density at radius 1 is 1.25 bits per heavy atom. The Morgan fingerprint density at radius 3 is 2.79 bits per heavy atom. The van der Waals surface area contributed by atoms with E-state index in [1.54, 1.807) is 24.5 Å². The fourth-order valence-electron chi connectivity index (χ4n) is 2.03. The van der Waals surface area contributed by atoms with Crippen molar-refractivity contribution in [2.24, 2.45) is 0 Å². The lowest BCUT2D eigenvalue weighted by Crippen LogP contribution is -2.16. The third kappa shape index (κ3) is 3.87. The Morgan fingerprint density at radius 2 is 2.04 bits per heavy atom. The molecule has 0 atom stereocenters. The number of nitrogens with one attached hydrogen (secondary N) is 1. The molecular formula is C16H14ClN5OS. The summed E-state index contributed by atoms with van der Waals surface area (Å²) in [6, 6.07) is 13.1. The number of pyridine rings is 1. The van der Waals surface area contributed by atoms with Gasteiger partial charge < -0.3 is 11.2 Å². The number of carbonyl (C=O) groups is 1. The van der Waals surface area contributed by atoms with Gasteiger partial charge in [0.15, 0.2) is 10.3 Å². The molecule has 0 fully saturated rings. The fourth-order valence-corrected chi connectivity index (χ4v) is 2.89. The quantitative estimate of drug-likeness (QED) is 0.415. The normalized spacial score (nSPS) is 10.5. The molecule has 0 spiro atoms. The molecule has 0 saturated carbocycles. The lowest BCUT2D eigenvalue weighted by Gasteiger charge is -2.05. The molecule has 3 aromatic rings. The van der Waals surface area contributed by atoms with Crippen molar-refractivity contribution in [3.8, 4) is 11.3 Å². The van der Waals surface area contributed by atoms with Gasteiger partial charge in [-0.05, 0) is 12.1 Å². The third-order valence-corrected chi connectivity index (χ3v) is 4.40. The minimum Gasteiger partial charge on any atom is -0.337 e. The van der Waals surface area contributed by atoms with E-state index >= 15 is 0 Å². The van der Waals surface area contributed by atoms with Crippen molar-refractivity contribution in [1.29, 1.82) is 0 Å². The summed E-state index contributed by atoms with van der Waals surface area (Å²) in [5.74, 6) is 5.86. The van der Waals surface area contributed by atoms with Gasteiger partial charge in [-0.25, -0.2) is 14.6 Å². The third-order valence-electron chi connectivity index (χ3n) is 3.13. The number of benzene rings is 1. The molecule has 122 valence electrons. The number of carbonyl (C=O) groups excluding carboxylic acids is 1. The number of hydrogen-bond donors (Lipinski definition) is 2. The summed E-state index contributed by atoms with van der Waals surface area (Å²) in [5.41, 5.74) is 2.21. The van der Waals surface area contributed by atoms with Crippen molar-refractivity contribution in [1.82, 2.24) is 14.6 Å². The number of hydrogen-bond acceptors (Lipinski definition) is 5. The zero-order valence-corrected chi connectivity index (χ0v) is 14.1. The van der Waals surface area contributed by atoms with Gasteiger partial charge >= 0.3 is 0 Å². The van der Waals surface area contributed by atoms with Gasteiger partial charge in [-0.1, -0.05) is 53.7 Å². The number of thioether (sulfide) groups is 1. The first-order valence-corrected chi connectivity index (χ1v) is 8.43. The number of nitrogens with zero attached hydrogens (tertiary/aromatic N) is 3. The van der Waals surface area contributed by atoms with E-state index in [-0.39, 0.29) is 16.8 Å². The molecule has 2 aromatic heterocycles. The Labute approximate surface area is 148 Å². The molecule has 1 aromatic carbocycles. The number of nitrogen functional groups attached to an aromatic ring is 1. The second-order valence-electron chi connectivity index (χ2n) is 4.86. The van der Waals surface area contributed by atoms with Crippen molar-refractivity contribution in [3.63, 3.8) is 0 Å². The van der Waals surface area contributed by atoms with Crippen molar-refractivity contribution in [3.05, 3.63) is 60.0 Å². The summed E-state index contributed by atoms with van der Waals surface area (Å²) in [4.78, 5) is 20.4. The highest BCUT2D eigenvalue weighted by Crippen LogP contribution is 2.23. The Bertz CT molecular complexity index is 853. The molecule has 8 heteroatoms. The summed E-state index contributed by atoms with van der Waals surface area (Å²) in [6.45, 7) is 0.